The van der Waals surface area contributed by atoms with E-state index in [-0.39, 0.29) is 5.82 Å². The fraction of sp³-hybridized carbons (Fsp3) is 0.636. The molecule has 3 nitrogen and oxygen atoms in total. The highest BCUT2D eigenvalue weighted by Gasteiger charge is 2.17. The Labute approximate surface area is 99.3 Å². The first kappa shape index (κ1) is 11.6. The molecule has 0 spiro atoms. The lowest BCUT2D eigenvalue weighted by Gasteiger charge is -2.20. The second-order valence-corrected chi connectivity index (χ2v) is 5.26. The van der Waals surface area contributed by atoms with E-state index in [1.165, 1.54) is 38.3 Å². The zero-order valence-corrected chi connectivity index (χ0v) is 10.2. The number of hydrogen-bond donors (Lipinski definition) is 1. The third kappa shape index (κ3) is 2.84. The monoisotopic (exact) mass is 241 g/mol. The quantitative estimate of drug-likeness (QED) is 0.825. The van der Waals surface area contributed by atoms with Gasteiger partial charge in [-0.25, -0.2) is 14.4 Å². The van der Waals surface area contributed by atoms with Gasteiger partial charge < -0.3 is 5.32 Å². The van der Waals surface area contributed by atoms with Crippen LogP contribution in [0.25, 0.3) is 0 Å². The summed E-state index contributed by atoms with van der Waals surface area (Å²) in [7, 11) is 1.74. The van der Waals surface area contributed by atoms with Gasteiger partial charge in [0.1, 0.15) is 5.03 Å². The second-order valence-electron chi connectivity index (χ2n) is 3.97. The summed E-state index contributed by atoms with van der Waals surface area (Å²) in [5, 5.41) is 3.82. The summed E-state index contributed by atoms with van der Waals surface area (Å²) in [4.78, 5) is 7.99. The molecule has 2 rings (SSSR count). The third-order valence-corrected chi connectivity index (χ3v) is 4.08. The molecule has 1 aromatic rings. The van der Waals surface area contributed by atoms with Gasteiger partial charge in [0.05, 0.1) is 6.20 Å². The molecule has 1 saturated carbocycles. The normalized spacial score (nSPS) is 17.4. The zero-order valence-electron chi connectivity index (χ0n) is 9.37. The van der Waals surface area contributed by atoms with Gasteiger partial charge in [0.2, 0.25) is 5.95 Å². The average Bonchev–Trinajstić information content (AvgIpc) is 2.33. The predicted octanol–water partition coefficient (Wildman–Crippen LogP) is 3.08. The van der Waals surface area contributed by atoms with Crippen molar-refractivity contribution in [2.45, 2.75) is 42.4 Å². The summed E-state index contributed by atoms with van der Waals surface area (Å²) in [5.74, 6) is 0.175. The molecule has 0 aliphatic heterocycles. The summed E-state index contributed by atoms with van der Waals surface area (Å²) in [6.07, 6.45) is 7.40. The van der Waals surface area contributed by atoms with Crippen molar-refractivity contribution < 1.29 is 4.39 Å². The minimum absolute atomic E-state index is 0.311. The van der Waals surface area contributed by atoms with E-state index >= 15 is 0 Å². The minimum atomic E-state index is -0.311. The first-order valence-electron chi connectivity index (χ1n) is 5.66. The fourth-order valence-electron chi connectivity index (χ4n) is 1.90. The van der Waals surface area contributed by atoms with E-state index in [4.69, 9.17) is 0 Å². The molecule has 16 heavy (non-hydrogen) atoms. The van der Waals surface area contributed by atoms with Crippen LogP contribution in [-0.4, -0.2) is 22.3 Å². The number of halogens is 1. The predicted molar refractivity (Wildman–Crippen MR) is 64.3 cm³/mol. The Morgan fingerprint density at radius 1 is 1.38 bits per heavy atom. The molecule has 1 aliphatic carbocycles. The molecule has 88 valence electrons. The van der Waals surface area contributed by atoms with Crippen molar-refractivity contribution in [3.05, 3.63) is 12.0 Å². The molecule has 1 heterocycles. The van der Waals surface area contributed by atoms with E-state index < -0.39 is 0 Å². The van der Waals surface area contributed by atoms with Crippen LogP contribution in [0.3, 0.4) is 0 Å². The molecule has 1 N–H and O–H groups in total. The zero-order chi connectivity index (χ0) is 11.4. The summed E-state index contributed by atoms with van der Waals surface area (Å²) >= 11 is 1.55. The summed E-state index contributed by atoms with van der Waals surface area (Å²) < 4.78 is 13.5. The van der Waals surface area contributed by atoms with E-state index in [1.54, 1.807) is 18.8 Å². The smallest absolute Gasteiger partial charge is 0.223 e. The second kappa shape index (κ2) is 5.48. The Bertz CT molecular complexity index is 353. The topological polar surface area (TPSA) is 37.8 Å². The molecule has 0 unspecified atom stereocenters. The van der Waals surface area contributed by atoms with Gasteiger partial charge in [-0.3, -0.25) is 0 Å². The van der Waals surface area contributed by atoms with E-state index in [2.05, 4.69) is 15.3 Å². The van der Waals surface area contributed by atoms with Crippen molar-refractivity contribution in [3.8, 4) is 0 Å². The van der Waals surface area contributed by atoms with Crippen molar-refractivity contribution >= 4 is 17.7 Å². The van der Waals surface area contributed by atoms with Crippen LogP contribution in [-0.2, 0) is 0 Å². The molecular weight excluding hydrogens is 225 g/mol. The molecule has 1 aromatic heterocycles. The maximum Gasteiger partial charge on any atom is 0.223 e. The van der Waals surface area contributed by atoms with E-state index in [0.29, 0.717) is 16.2 Å². The summed E-state index contributed by atoms with van der Waals surface area (Å²) in [6, 6.07) is 0. The van der Waals surface area contributed by atoms with Crippen LogP contribution in [0.15, 0.2) is 11.2 Å². The van der Waals surface area contributed by atoms with Crippen LogP contribution in [0.1, 0.15) is 32.1 Å². The van der Waals surface area contributed by atoms with Gasteiger partial charge in [-0.05, 0) is 12.8 Å². The van der Waals surface area contributed by atoms with Gasteiger partial charge in [0, 0.05) is 12.3 Å². The number of thioether (sulfide) groups is 1. The Kier molecular flexibility index (Phi) is 3.98. The minimum Gasteiger partial charge on any atom is -0.357 e. The van der Waals surface area contributed by atoms with Crippen molar-refractivity contribution in [2.75, 3.05) is 12.4 Å². The number of rotatable bonds is 3. The van der Waals surface area contributed by atoms with Gasteiger partial charge in [0.15, 0.2) is 5.82 Å². The van der Waals surface area contributed by atoms with E-state index in [0.717, 1.165) is 0 Å². The van der Waals surface area contributed by atoms with Gasteiger partial charge in [-0.1, -0.05) is 31.0 Å². The SMILES string of the molecule is CNc1ncc(F)c(SC2CCCCC2)n1. The number of nitrogens with zero attached hydrogens (tertiary/aromatic N) is 2. The van der Waals surface area contributed by atoms with Crippen LogP contribution >= 0.6 is 11.8 Å². The fourth-order valence-corrected chi connectivity index (χ4v) is 3.08. The highest BCUT2D eigenvalue weighted by molar-refractivity contribution is 7.99. The van der Waals surface area contributed by atoms with Crippen LogP contribution in [0.5, 0.6) is 0 Å². The van der Waals surface area contributed by atoms with Gasteiger partial charge in [-0.15, -0.1) is 0 Å². The highest BCUT2D eigenvalue weighted by Crippen LogP contribution is 2.33. The Balaban J connectivity index is 2.06. The Morgan fingerprint density at radius 3 is 2.81 bits per heavy atom. The average molecular weight is 241 g/mol. The van der Waals surface area contributed by atoms with Crippen molar-refractivity contribution in [1.82, 2.24) is 9.97 Å². The standard InChI is InChI=1S/C11H16FN3S/c1-13-11-14-7-9(12)10(15-11)16-8-5-3-2-4-6-8/h7-8H,2-6H2,1H3,(H,13,14,15). The molecule has 0 aromatic carbocycles. The largest absolute Gasteiger partial charge is 0.357 e. The van der Waals surface area contributed by atoms with E-state index in [1.807, 2.05) is 0 Å². The molecule has 5 heteroatoms. The molecule has 0 bridgehead atoms. The highest BCUT2D eigenvalue weighted by atomic mass is 32.2. The summed E-state index contributed by atoms with van der Waals surface area (Å²) in [5.41, 5.74) is 0. The van der Waals surface area contributed by atoms with Gasteiger partial charge >= 0.3 is 0 Å². The maximum atomic E-state index is 13.5. The lowest BCUT2D eigenvalue weighted by molar-refractivity contribution is 0.513. The number of hydrogen-bond acceptors (Lipinski definition) is 4. The lowest BCUT2D eigenvalue weighted by Crippen LogP contribution is -2.09. The Hall–Kier alpha value is -0.840. The van der Waals surface area contributed by atoms with Crippen LogP contribution in [0.4, 0.5) is 10.3 Å². The van der Waals surface area contributed by atoms with E-state index in [9.17, 15) is 4.39 Å². The third-order valence-electron chi connectivity index (χ3n) is 2.77. The van der Waals surface area contributed by atoms with Crippen LogP contribution in [0.2, 0.25) is 0 Å². The molecule has 0 saturated heterocycles. The molecular formula is C11H16FN3S. The lowest BCUT2D eigenvalue weighted by atomic mass is 10.0. The number of aromatic nitrogens is 2. The molecule has 0 radical (unpaired) electrons. The first-order chi connectivity index (χ1) is 7.79. The van der Waals surface area contributed by atoms with Crippen molar-refractivity contribution in [3.63, 3.8) is 0 Å². The van der Waals surface area contributed by atoms with Crippen LogP contribution < -0.4 is 5.32 Å². The Morgan fingerprint density at radius 2 is 2.12 bits per heavy atom. The molecule has 1 aliphatic rings. The van der Waals surface area contributed by atoms with Crippen LogP contribution in [0, 0.1) is 5.82 Å². The van der Waals surface area contributed by atoms with Gasteiger partial charge in [-0.2, -0.15) is 0 Å². The molecule has 1 fully saturated rings. The summed E-state index contributed by atoms with van der Waals surface area (Å²) in [6.45, 7) is 0. The number of nitrogens with one attached hydrogen (secondary N) is 1. The van der Waals surface area contributed by atoms with Crippen molar-refractivity contribution in [1.29, 1.82) is 0 Å². The first-order valence-corrected chi connectivity index (χ1v) is 6.54. The van der Waals surface area contributed by atoms with Gasteiger partial charge in [0.25, 0.3) is 0 Å². The number of anilines is 1. The maximum absolute atomic E-state index is 13.5. The van der Waals surface area contributed by atoms with Crippen molar-refractivity contribution in [2.24, 2.45) is 0 Å². The molecule has 0 atom stereocenters. The molecule has 0 amide bonds.